The molecule has 1 aromatic carbocycles. The largest absolute Gasteiger partial charge is 0.462 e. The number of rotatable bonds is 4. The third kappa shape index (κ3) is 3.63. The fourth-order valence-electron chi connectivity index (χ4n) is 3.30. The molecule has 1 heterocycles. The van der Waals surface area contributed by atoms with Crippen LogP contribution in [0.3, 0.4) is 0 Å². The van der Waals surface area contributed by atoms with Gasteiger partial charge in [-0.1, -0.05) is 49.9 Å². The summed E-state index contributed by atoms with van der Waals surface area (Å²) in [4.78, 5) is 16.6. The smallest absolute Gasteiger partial charge is 0.340 e. The third-order valence-electron chi connectivity index (χ3n) is 4.49. The molecule has 1 aliphatic rings. The van der Waals surface area contributed by atoms with Gasteiger partial charge in [0, 0.05) is 23.0 Å². The van der Waals surface area contributed by atoms with E-state index < -0.39 is 0 Å². The number of fused-ring (bicyclic) bond motifs is 1. The van der Waals surface area contributed by atoms with E-state index in [-0.39, 0.29) is 5.97 Å². The zero-order valence-corrected chi connectivity index (χ0v) is 13.7. The van der Waals surface area contributed by atoms with E-state index >= 15 is 0 Å². The molecule has 4 nitrogen and oxygen atoms in total. The molecule has 0 bridgehead atoms. The van der Waals surface area contributed by atoms with Gasteiger partial charge in [0.15, 0.2) is 0 Å². The Morgan fingerprint density at radius 3 is 2.57 bits per heavy atom. The number of hydrogen-bond acceptors (Lipinski definition) is 4. The van der Waals surface area contributed by atoms with Crippen LogP contribution in [-0.2, 0) is 4.74 Å². The van der Waals surface area contributed by atoms with Crippen LogP contribution in [-0.4, -0.2) is 23.6 Å². The number of esters is 1. The Balaban J connectivity index is 1.92. The van der Waals surface area contributed by atoms with Crippen LogP contribution < -0.4 is 5.32 Å². The number of pyridine rings is 1. The number of carbonyl (C=O) groups excluding carboxylic acids is 1. The van der Waals surface area contributed by atoms with E-state index in [0.29, 0.717) is 18.2 Å². The summed E-state index contributed by atoms with van der Waals surface area (Å²) in [5.74, 6) is 0.567. The van der Waals surface area contributed by atoms with Crippen LogP contribution in [0, 0.1) is 0 Å². The van der Waals surface area contributed by atoms with Gasteiger partial charge in [-0.3, -0.25) is 0 Å². The molecule has 23 heavy (non-hydrogen) atoms. The molecule has 0 unspecified atom stereocenters. The Morgan fingerprint density at radius 2 is 1.87 bits per heavy atom. The summed E-state index contributed by atoms with van der Waals surface area (Å²) >= 11 is 0. The highest BCUT2D eigenvalue weighted by atomic mass is 16.5. The second-order valence-electron chi connectivity index (χ2n) is 6.12. The molecule has 0 amide bonds. The van der Waals surface area contributed by atoms with Crippen molar-refractivity contribution in [1.82, 2.24) is 4.98 Å². The van der Waals surface area contributed by atoms with Gasteiger partial charge in [0.1, 0.15) is 5.82 Å². The maximum Gasteiger partial charge on any atom is 0.340 e. The highest BCUT2D eigenvalue weighted by Gasteiger charge is 2.17. The molecule has 0 aliphatic heterocycles. The monoisotopic (exact) mass is 312 g/mol. The van der Waals surface area contributed by atoms with Gasteiger partial charge in [-0.15, -0.1) is 0 Å². The lowest BCUT2D eigenvalue weighted by Gasteiger charge is -2.19. The summed E-state index contributed by atoms with van der Waals surface area (Å²) in [6.45, 7) is 2.19. The van der Waals surface area contributed by atoms with Gasteiger partial charge in [0.25, 0.3) is 0 Å². The first kappa shape index (κ1) is 15.8. The predicted octanol–water partition coefficient (Wildman–Crippen LogP) is 4.55. The lowest BCUT2D eigenvalue weighted by atomic mass is 10.1. The zero-order chi connectivity index (χ0) is 16.1. The molecule has 0 atom stereocenters. The van der Waals surface area contributed by atoms with Crippen LogP contribution in [0.25, 0.3) is 10.8 Å². The van der Waals surface area contributed by atoms with Crippen molar-refractivity contribution < 1.29 is 9.53 Å². The van der Waals surface area contributed by atoms with Gasteiger partial charge in [-0.25, -0.2) is 9.78 Å². The molecule has 2 aromatic rings. The maximum absolute atomic E-state index is 12.1. The summed E-state index contributed by atoms with van der Waals surface area (Å²) in [5.41, 5.74) is 0.536. The Bertz CT molecular complexity index is 676. The van der Waals surface area contributed by atoms with Crippen LogP contribution in [0.1, 0.15) is 55.8 Å². The molecule has 3 rings (SSSR count). The molecule has 0 spiro atoms. The lowest BCUT2D eigenvalue weighted by molar-refractivity contribution is 0.0528. The van der Waals surface area contributed by atoms with Gasteiger partial charge in [0.05, 0.1) is 12.2 Å². The van der Waals surface area contributed by atoms with E-state index in [1.54, 1.807) is 6.20 Å². The molecule has 1 aliphatic carbocycles. The van der Waals surface area contributed by atoms with Gasteiger partial charge in [0.2, 0.25) is 0 Å². The maximum atomic E-state index is 12.1. The third-order valence-corrected chi connectivity index (χ3v) is 4.49. The minimum atomic E-state index is -0.308. The fraction of sp³-hybridized carbons (Fsp3) is 0.474. The highest BCUT2D eigenvalue weighted by Crippen LogP contribution is 2.27. The average molecular weight is 312 g/mol. The predicted molar refractivity (Wildman–Crippen MR) is 92.8 cm³/mol. The van der Waals surface area contributed by atoms with E-state index in [9.17, 15) is 4.79 Å². The second-order valence-corrected chi connectivity index (χ2v) is 6.12. The standard InChI is InChI=1S/C19H24N2O2/c1-2-23-19(22)17-13-20-18(16-12-8-7-11-15(16)17)21-14-9-5-3-4-6-10-14/h7-8,11-14H,2-6,9-10H2,1H3,(H,20,21). The fourth-order valence-corrected chi connectivity index (χ4v) is 3.30. The minimum Gasteiger partial charge on any atom is -0.462 e. The first-order valence-electron chi connectivity index (χ1n) is 8.61. The van der Waals surface area contributed by atoms with Gasteiger partial charge in [-0.2, -0.15) is 0 Å². The number of aromatic nitrogens is 1. The highest BCUT2D eigenvalue weighted by molar-refractivity contribution is 6.07. The van der Waals surface area contributed by atoms with Crippen molar-refractivity contribution >= 4 is 22.6 Å². The summed E-state index contributed by atoms with van der Waals surface area (Å²) in [7, 11) is 0. The normalized spacial score (nSPS) is 16.0. The number of carbonyl (C=O) groups is 1. The van der Waals surface area contributed by atoms with Crippen molar-refractivity contribution in [3.63, 3.8) is 0 Å². The van der Waals surface area contributed by atoms with Gasteiger partial charge in [-0.05, 0) is 19.8 Å². The number of hydrogen-bond donors (Lipinski definition) is 1. The van der Waals surface area contributed by atoms with Crippen LogP contribution in [0.5, 0.6) is 0 Å². The number of ether oxygens (including phenoxy) is 1. The van der Waals surface area contributed by atoms with Crippen molar-refractivity contribution in [2.24, 2.45) is 0 Å². The van der Waals surface area contributed by atoms with Crippen LogP contribution in [0.4, 0.5) is 5.82 Å². The number of nitrogens with one attached hydrogen (secondary N) is 1. The first-order valence-corrected chi connectivity index (χ1v) is 8.61. The Kier molecular flexibility index (Phi) is 5.11. The van der Waals surface area contributed by atoms with Crippen molar-refractivity contribution in [2.75, 3.05) is 11.9 Å². The molecule has 4 heteroatoms. The zero-order valence-electron chi connectivity index (χ0n) is 13.7. The van der Waals surface area contributed by atoms with E-state index in [2.05, 4.69) is 10.3 Å². The quantitative estimate of drug-likeness (QED) is 0.665. The molecule has 1 N–H and O–H groups in total. The molecular formula is C19H24N2O2. The van der Waals surface area contributed by atoms with Crippen LogP contribution in [0.15, 0.2) is 30.5 Å². The summed E-state index contributed by atoms with van der Waals surface area (Å²) in [6.07, 6.45) is 9.22. The molecule has 1 saturated carbocycles. The second kappa shape index (κ2) is 7.44. The first-order chi connectivity index (χ1) is 11.3. The Hall–Kier alpha value is -2.10. The van der Waals surface area contributed by atoms with E-state index in [1.807, 2.05) is 31.2 Å². The van der Waals surface area contributed by atoms with E-state index in [1.165, 1.54) is 38.5 Å². The number of benzene rings is 1. The summed E-state index contributed by atoms with van der Waals surface area (Å²) < 4.78 is 5.14. The lowest BCUT2D eigenvalue weighted by Crippen LogP contribution is -2.19. The Labute approximate surface area is 137 Å². The Morgan fingerprint density at radius 1 is 1.17 bits per heavy atom. The van der Waals surface area contributed by atoms with Gasteiger partial charge < -0.3 is 10.1 Å². The molecule has 0 radical (unpaired) electrons. The molecule has 1 aromatic heterocycles. The van der Waals surface area contributed by atoms with Crippen LogP contribution in [0.2, 0.25) is 0 Å². The average Bonchev–Trinajstić information content (AvgIpc) is 2.84. The minimum absolute atomic E-state index is 0.308. The summed E-state index contributed by atoms with van der Waals surface area (Å²) in [6, 6.07) is 8.38. The number of anilines is 1. The van der Waals surface area contributed by atoms with Crippen molar-refractivity contribution in [3.05, 3.63) is 36.0 Å². The molecular weight excluding hydrogens is 288 g/mol. The van der Waals surface area contributed by atoms with E-state index in [4.69, 9.17) is 4.74 Å². The van der Waals surface area contributed by atoms with E-state index in [0.717, 1.165) is 16.6 Å². The van der Waals surface area contributed by atoms with Gasteiger partial charge >= 0.3 is 5.97 Å². The molecule has 122 valence electrons. The van der Waals surface area contributed by atoms with Crippen molar-refractivity contribution in [3.8, 4) is 0 Å². The van der Waals surface area contributed by atoms with Crippen molar-refractivity contribution in [1.29, 1.82) is 0 Å². The summed E-state index contributed by atoms with van der Waals surface area (Å²) in [5, 5.41) is 5.49. The van der Waals surface area contributed by atoms with Crippen molar-refractivity contribution in [2.45, 2.75) is 51.5 Å². The molecule has 0 saturated heterocycles. The topological polar surface area (TPSA) is 51.2 Å². The number of nitrogens with zero attached hydrogens (tertiary/aromatic N) is 1. The van der Waals surface area contributed by atoms with Crippen LogP contribution >= 0.6 is 0 Å². The molecule has 1 fully saturated rings. The SMILES string of the molecule is CCOC(=O)c1cnc(NC2CCCCCC2)c2ccccc12.